The first kappa shape index (κ1) is 20.2. The molecule has 0 aromatic heterocycles. The van der Waals surface area contributed by atoms with Crippen LogP contribution in [0.2, 0.25) is 0 Å². The second-order valence-electron chi connectivity index (χ2n) is 8.75. The van der Waals surface area contributed by atoms with E-state index in [1.807, 2.05) is 27.7 Å². The van der Waals surface area contributed by atoms with Gasteiger partial charge in [-0.2, -0.15) is 0 Å². The Hall–Kier alpha value is -1.15. The maximum absolute atomic E-state index is 13.8. The monoisotopic (exact) mass is 359 g/mol. The van der Waals surface area contributed by atoms with Gasteiger partial charge in [0.25, 0.3) is 5.92 Å². The van der Waals surface area contributed by atoms with Crippen LogP contribution in [0.25, 0.3) is 0 Å². The number of likely N-dealkylation sites (tertiary alicyclic amines) is 1. The van der Waals surface area contributed by atoms with Crippen LogP contribution in [0.15, 0.2) is 12.1 Å². The number of rotatable bonds is 2. The highest BCUT2D eigenvalue weighted by Crippen LogP contribution is 2.38. The summed E-state index contributed by atoms with van der Waals surface area (Å²) < 4.78 is 44.6. The van der Waals surface area contributed by atoms with Gasteiger partial charge in [-0.25, -0.2) is 13.6 Å². The first-order valence-electron chi connectivity index (χ1n) is 8.53. The summed E-state index contributed by atoms with van der Waals surface area (Å²) in [6.07, 6.45) is 0.364. The lowest BCUT2D eigenvalue weighted by molar-refractivity contribution is -0.00217. The van der Waals surface area contributed by atoms with Crippen LogP contribution < -0.4 is 0 Å². The van der Waals surface area contributed by atoms with Gasteiger partial charge >= 0.3 is 13.2 Å². The van der Waals surface area contributed by atoms with Gasteiger partial charge in [0.1, 0.15) is 5.60 Å². The molecule has 0 N–H and O–H groups in total. The van der Waals surface area contributed by atoms with E-state index in [-0.39, 0.29) is 0 Å². The number of hydrogen-bond acceptors (Lipinski definition) is 4. The number of carbonyl (C=O) groups excluding carboxylic acids is 1. The molecule has 142 valence electrons. The lowest BCUT2D eigenvalue weighted by Gasteiger charge is -2.32. The Balaban J connectivity index is 2.10. The largest absolute Gasteiger partial charge is 0.486 e. The molecule has 1 atom stereocenters. The van der Waals surface area contributed by atoms with Gasteiger partial charge in [-0.1, -0.05) is 12.1 Å². The smallest absolute Gasteiger partial charge is 0.444 e. The molecule has 5 nitrogen and oxygen atoms in total. The van der Waals surface area contributed by atoms with E-state index in [4.69, 9.17) is 14.0 Å². The highest BCUT2D eigenvalue weighted by molar-refractivity contribution is 6.51. The van der Waals surface area contributed by atoms with Crippen LogP contribution in [0.4, 0.5) is 13.6 Å². The van der Waals surface area contributed by atoms with Gasteiger partial charge < -0.3 is 14.0 Å². The Labute approximate surface area is 148 Å². The normalized spacial score (nSPS) is 28.0. The fourth-order valence-corrected chi connectivity index (χ4v) is 2.73. The number of nitrogens with zero attached hydrogens (tertiary/aromatic N) is 1. The zero-order valence-electron chi connectivity index (χ0n) is 16.1. The lowest BCUT2D eigenvalue weighted by atomic mass is 9.89. The highest BCUT2D eigenvalue weighted by Gasteiger charge is 2.51. The predicted molar refractivity (Wildman–Crippen MR) is 91.5 cm³/mol. The summed E-state index contributed by atoms with van der Waals surface area (Å²) >= 11 is 0. The summed E-state index contributed by atoms with van der Waals surface area (Å²) in [5, 5.41) is 0. The van der Waals surface area contributed by atoms with Crippen LogP contribution in [0, 0.1) is 0 Å². The molecule has 2 fully saturated rings. The maximum atomic E-state index is 13.8. The molecule has 8 heteroatoms. The molecule has 0 saturated carbocycles. The molecule has 25 heavy (non-hydrogen) atoms. The van der Waals surface area contributed by atoms with Crippen LogP contribution >= 0.6 is 0 Å². The minimum absolute atomic E-state index is 0.442. The molecule has 0 aromatic rings. The van der Waals surface area contributed by atoms with Crippen molar-refractivity contribution in [3.05, 3.63) is 12.1 Å². The summed E-state index contributed by atoms with van der Waals surface area (Å²) in [6.45, 7) is 12.1. The SMILES string of the molecule is CC(C)(C)OC(=O)N1CC(F)(F)CC1/C=C/B1OC(C)(C)C(C)(C)O1. The first-order chi connectivity index (χ1) is 11.1. The van der Waals surface area contributed by atoms with Crippen molar-refractivity contribution in [3.63, 3.8) is 0 Å². The zero-order valence-corrected chi connectivity index (χ0v) is 16.1. The Morgan fingerprint density at radius 3 is 2.20 bits per heavy atom. The molecule has 2 aliphatic rings. The highest BCUT2D eigenvalue weighted by atomic mass is 19.3. The van der Waals surface area contributed by atoms with Gasteiger partial charge in [-0.3, -0.25) is 4.90 Å². The van der Waals surface area contributed by atoms with Crippen molar-refractivity contribution in [2.75, 3.05) is 6.54 Å². The third kappa shape index (κ3) is 4.73. The van der Waals surface area contributed by atoms with Crippen molar-refractivity contribution >= 4 is 13.2 Å². The summed E-state index contributed by atoms with van der Waals surface area (Å²) in [5.74, 6) is -1.35. The van der Waals surface area contributed by atoms with Crippen molar-refractivity contribution in [1.82, 2.24) is 4.90 Å². The molecule has 0 spiro atoms. The summed E-state index contributed by atoms with van der Waals surface area (Å²) in [4.78, 5) is 13.3. The molecule has 2 aliphatic heterocycles. The molecular weight excluding hydrogens is 331 g/mol. The van der Waals surface area contributed by atoms with E-state index in [1.54, 1.807) is 32.8 Å². The first-order valence-corrected chi connectivity index (χ1v) is 8.53. The number of halogens is 2. The van der Waals surface area contributed by atoms with Crippen molar-refractivity contribution in [2.45, 2.75) is 83.7 Å². The van der Waals surface area contributed by atoms with Crippen molar-refractivity contribution in [1.29, 1.82) is 0 Å². The maximum Gasteiger partial charge on any atom is 0.486 e. The molecule has 0 aliphatic carbocycles. The van der Waals surface area contributed by atoms with E-state index in [1.165, 1.54) is 0 Å². The van der Waals surface area contributed by atoms with Gasteiger partial charge in [0, 0.05) is 6.42 Å². The standard InChI is InChI=1S/C17H28BF2NO4/c1-14(2,3)23-13(22)21-11-17(19,20)10-12(21)8-9-18-24-15(4,5)16(6,7)25-18/h8-9,12H,10-11H2,1-7H3/b9-8+. The minimum Gasteiger partial charge on any atom is -0.444 e. The zero-order chi connectivity index (χ0) is 19.3. The number of hydrogen-bond donors (Lipinski definition) is 0. The topological polar surface area (TPSA) is 48.0 Å². The Morgan fingerprint density at radius 1 is 1.20 bits per heavy atom. The van der Waals surface area contributed by atoms with Gasteiger partial charge in [-0.15, -0.1) is 0 Å². The Bertz CT molecular complexity index is 541. The molecule has 2 rings (SSSR count). The Morgan fingerprint density at radius 2 is 1.72 bits per heavy atom. The van der Waals surface area contributed by atoms with Crippen LogP contribution in [0.3, 0.4) is 0 Å². The molecule has 1 amide bonds. The third-order valence-corrected chi connectivity index (χ3v) is 4.70. The third-order valence-electron chi connectivity index (χ3n) is 4.70. The number of carbonyl (C=O) groups is 1. The molecular formula is C17H28BF2NO4. The summed E-state index contributed by atoms with van der Waals surface area (Å²) in [7, 11) is -0.639. The van der Waals surface area contributed by atoms with Gasteiger partial charge in [0.15, 0.2) is 0 Å². The molecule has 2 heterocycles. The average Bonchev–Trinajstić information content (AvgIpc) is 2.78. The van der Waals surface area contributed by atoms with Crippen LogP contribution in [-0.4, -0.2) is 53.4 Å². The van der Waals surface area contributed by atoms with Gasteiger partial charge in [0.05, 0.1) is 23.8 Å². The van der Waals surface area contributed by atoms with Crippen molar-refractivity contribution in [2.24, 2.45) is 0 Å². The van der Waals surface area contributed by atoms with Crippen molar-refractivity contribution < 1.29 is 27.6 Å². The lowest BCUT2D eigenvalue weighted by Crippen LogP contribution is -2.41. The van der Waals surface area contributed by atoms with E-state index >= 15 is 0 Å². The fraction of sp³-hybridized carbons (Fsp3) is 0.824. The summed E-state index contributed by atoms with van der Waals surface area (Å²) in [5.41, 5.74) is -1.76. The molecule has 0 radical (unpaired) electrons. The summed E-state index contributed by atoms with van der Waals surface area (Å²) in [6, 6.07) is -0.760. The quantitative estimate of drug-likeness (QED) is 0.704. The van der Waals surface area contributed by atoms with Gasteiger partial charge in [0.2, 0.25) is 0 Å². The molecule has 2 saturated heterocycles. The fourth-order valence-electron chi connectivity index (χ4n) is 2.73. The van der Waals surface area contributed by atoms with E-state index in [0.29, 0.717) is 0 Å². The van der Waals surface area contributed by atoms with Gasteiger partial charge in [-0.05, 0) is 48.5 Å². The van der Waals surface area contributed by atoms with E-state index in [9.17, 15) is 13.6 Å². The van der Waals surface area contributed by atoms with E-state index in [0.717, 1.165) is 4.90 Å². The molecule has 0 aromatic carbocycles. The van der Waals surface area contributed by atoms with Crippen molar-refractivity contribution in [3.8, 4) is 0 Å². The van der Waals surface area contributed by atoms with Crippen LogP contribution in [0.1, 0.15) is 54.9 Å². The number of ether oxygens (including phenoxy) is 1. The number of amides is 1. The molecule has 1 unspecified atom stereocenters. The second-order valence-corrected chi connectivity index (χ2v) is 8.75. The minimum atomic E-state index is -2.94. The average molecular weight is 359 g/mol. The van der Waals surface area contributed by atoms with E-state index < -0.39 is 54.9 Å². The van der Waals surface area contributed by atoms with Crippen LogP contribution in [0.5, 0.6) is 0 Å². The second kappa shape index (κ2) is 6.23. The molecule has 0 bridgehead atoms. The predicted octanol–water partition coefficient (Wildman–Crippen LogP) is 3.82. The van der Waals surface area contributed by atoms with Crippen LogP contribution in [-0.2, 0) is 14.0 Å². The Kier molecular flexibility index (Phi) is 5.03. The number of alkyl halides is 2. The van der Waals surface area contributed by atoms with E-state index in [2.05, 4.69) is 0 Å².